The number of aryl methyl sites for hydroxylation is 2. The molecule has 0 aliphatic heterocycles. The second-order valence-corrected chi connectivity index (χ2v) is 4.96. The second kappa shape index (κ2) is 6.43. The largest absolute Gasteiger partial charge is 0.313 e. The van der Waals surface area contributed by atoms with E-state index in [1.54, 1.807) is 0 Å². The Morgan fingerprint density at radius 2 is 1.58 bits per heavy atom. The molecule has 19 heavy (non-hydrogen) atoms. The number of benzene rings is 1. The van der Waals surface area contributed by atoms with Crippen molar-refractivity contribution in [3.8, 4) is 0 Å². The summed E-state index contributed by atoms with van der Waals surface area (Å²) in [5.74, 6) is 0.880. The fraction of sp³-hybridized carbons (Fsp3) is 0.375. The van der Waals surface area contributed by atoms with E-state index in [-0.39, 0.29) is 0 Å². The number of hydrogen-bond acceptors (Lipinski definition) is 3. The van der Waals surface area contributed by atoms with Gasteiger partial charge in [-0.15, -0.1) is 0 Å². The van der Waals surface area contributed by atoms with E-state index in [2.05, 4.69) is 54.3 Å². The Bertz CT molecular complexity index is 512. The van der Waals surface area contributed by atoms with E-state index in [1.165, 1.54) is 16.7 Å². The minimum absolute atomic E-state index is 0.796. The van der Waals surface area contributed by atoms with E-state index < -0.39 is 0 Å². The van der Waals surface area contributed by atoms with Gasteiger partial charge in [0.2, 0.25) is 0 Å². The third kappa shape index (κ3) is 4.14. The molecular formula is C16H21N3. The van der Waals surface area contributed by atoms with Crippen LogP contribution in [-0.2, 0) is 13.0 Å². The molecule has 100 valence electrons. The lowest BCUT2D eigenvalue weighted by molar-refractivity contribution is 0.718. The van der Waals surface area contributed by atoms with Crippen LogP contribution < -0.4 is 5.32 Å². The normalized spacial score (nSPS) is 10.7. The molecule has 0 saturated heterocycles. The standard InChI is InChI=1S/C16H21N3/c1-4-17-9-15-10-18-16(19-11-15)8-14-6-12(2)5-13(3)7-14/h5-7,10-11,17H,4,8-9H2,1-3H3. The molecule has 0 saturated carbocycles. The number of nitrogens with zero attached hydrogens (tertiary/aromatic N) is 2. The summed E-state index contributed by atoms with van der Waals surface area (Å²) in [7, 11) is 0. The van der Waals surface area contributed by atoms with Crippen molar-refractivity contribution in [2.24, 2.45) is 0 Å². The quantitative estimate of drug-likeness (QED) is 0.892. The van der Waals surface area contributed by atoms with Gasteiger partial charge in [-0.25, -0.2) is 9.97 Å². The Morgan fingerprint density at radius 1 is 0.947 bits per heavy atom. The van der Waals surface area contributed by atoms with Gasteiger partial charge in [-0.05, 0) is 26.0 Å². The van der Waals surface area contributed by atoms with Crippen LogP contribution >= 0.6 is 0 Å². The molecule has 1 aromatic heterocycles. The average molecular weight is 255 g/mol. The Morgan fingerprint density at radius 3 is 2.16 bits per heavy atom. The van der Waals surface area contributed by atoms with E-state index in [0.717, 1.165) is 30.9 Å². The highest BCUT2D eigenvalue weighted by Crippen LogP contribution is 2.11. The number of hydrogen-bond donors (Lipinski definition) is 1. The van der Waals surface area contributed by atoms with Gasteiger partial charge in [-0.3, -0.25) is 0 Å². The predicted octanol–water partition coefficient (Wildman–Crippen LogP) is 2.79. The van der Waals surface area contributed by atoms with Gasteiger partial charge in [0.05, 0.1) is 0 Å². The highest BCUT2D eigenvalue weighted by molar-refractivity contribution is 5.30. The maximum atomic E-state index is 4.44. The van der Waals surface area contributed by atoms with Gasteiger partial charge in [-0.1, -0.05) is 36.2 Å². The minimum Gasteiger partial charge on any atom is -0.313 e. The molecule has 1 N–H and O–H groups in total. The SMILES string of the molecule is CCNCc1cnc(Cc2cc(C)cc(C)c2)nc1. The van der Waals surface area contributed by atoms with Crippen molar-refractivity contribution < 1.29 is 0 Å². The predicted molar refractivity (Wildman–Crippen MR) is 78.1 cm³/mol. The summed E-state index contributed by atoms with van der Waals surface area (Å²) in [5, 5.41) is 3.27. The number of rotatable bonds is 5. The first kappa shape index (κ1) is 13.7. The molecule has 0 bridgehead atoms. The summed E-state index contributed by atoms with van der Waals surface area (Å²) in [5.41, 5.74) is 4.99. The van der Waals surface area contributed by atoms with Crippen molar-refractivity contribution in [3.05, 3.63) is 58.7 Å². The molecule has 0 spiro atoms. The van der Waals surface area contributed by atoms with Crippen LogP contribution in [0.2, 0.25) is 0 Å². The molecule has 0 amide bonds. The molecule has 2 rings (SSSR count). The van der Waals surface area contributed by atoms with E-state index in [4.69, 9.17) is 0 Å². The highest BCUT2D eigenvalue weighted by Gasteiger charge is 2.01. The fourth-order valence-corrected chi connectivity index (χ4v) is 2.19. The van der Waals surface area contributed by atoms with Gasteiger partial charge >= 0.3 is 0 Å². The van der Waals surface area contributed by atoms with Gasteiger partial charge < -0.3 is 5.32 Å². The van der Waals surface area contributed by atoms with Crippen LogP contribution in [0, 0.1) is 13.8 Å². The molecule has 0 radical (unpaired) electrons. The molecule has 1 heterocycles. The molecule has 3 nitrogen and oxygen atoms in total. The lowest BCUT2D eigenvalue weighted by Crippen LogP contribution is -2.12. The highest BCUT2D eigenvalue weighted by atomic mass is 14.9. The van der Waals surface area contributed by atoms with Crippen LogP contribution in [0.3, 0.4) is 0 Å². The molecule has 0 aliphatic carbocycles. The van der Waals surface area contributed by atoms with Crippen molar-refractivity contribution in [3.63, 3.8) is 0 Å². The van der Waals surface area contributed by atoms with E-state index >= 15 is 0 Å². The summed E-state index contributed by atoms with van der Waals surface area (Å²) >= 11 is 0. The first-order valence-electron chi connectivity index (χ1n) is 6.75. The molecule has 0 unspecified atom stereocenters. The van der Waals surface area contributed by atoms with E-state index in [1.807, 2.05) is 12.4 Å². The van der Waals surface area contributed by atoms with Gasteiger partial charge in [-0.2, -0.15) is 0 Å². The van der Waals surface area contributed by atoms with E-state index in [9.17, 15) is 0 Å². The van der Waals surface area contributed by atoms with Gasteiger partial charge in [0.15, 0.2) is 0 Å². The number of nitrogens with one attached hydrogen (secondary N) is 1. The maximum Gasteiger partial charge on any atom is 0.132 e. The molecule has 3 heteroatoms. The van der Waals surface area contributed by atoms with Crippen LogP contribution in [0.15, 0.2) is 30.6 Å². The first-order chi connectivity index (χ1) is 9.17. The molecule has 0 fully saturated rings. The summed E-state index contributed by atoms with van der Waals surface area (Å²) in [6.07, 6.45) is 4.62. The lowest BCUT2D eigenvalue weighted by Gasteiger charge is -2.05. The van der Waals surface area contributed by atoms with Gasteiger partial charge in [0.1, 0.15) is 5.82 Å². The zero-order chi connectivity index (χ0) is 13.7. The minimum atomic E-state index is 0.796. The van der Waals surface area contributed by atoms with Gasteiger partial charge in [0, 0.05) is 30.9 Å². The monoisotopic (exact) mass is 255 g/mol. The second-order valence-electron chi connectivity index (χ2n) is 4.96. The van der Waals surface area contributed by atoms with Crippen LogP contribution in [0.25, 0.3) is 0 Å². The summed E-state index contributed by atoms with van der Waals surface area (Å²) in [6.45, 7) is 8.13. The molecular weight excluding hydrogens is 234 g/mol. The van der Waals surface area contributed by atoms with Crippen molar-refractivity contribution in [1.82, 2.24) is 15.3 Å². The zero-order valence-corrected chi connectivity index (χ0v) is 11.9. The van der Waals surface area contributed by atoms with Crippen LogP contribution in [0.4, 0.5) is 0 Å². The van der Waals surface area contributed by atoms with Crippen LogP contribution in [0.1, 0.15) is 35.0 Å². The smallest absolute Gasteiger partial charge is 0.132 e. The molecule has 0 aliphatic rings. The third-order valence-corrected chi connectivity index (χ3v) is 2.98. The van der Waals surface area contributed by atoms with Crippen molar-refractivity contribution in [2.75, 3.05) is 6.54 Å². The summed E-state index contributed by atoms with van der Waals surface area (Å²) in [4.78, 5) is 8.87. The van der Waals surface area contributed by atoms with Crippen LogP contribution in [-0.4, -0.2) is 16.5 Å². The van der Waals surface area contributed by atoms with Crippen molar-refractivity contribution >= 4 is 0 Å². The zero-order valence-electron chi connectivity index (χ0n) is 11.9. The Balaban J connectivity index is 2.06. The van der Waals surface area contributed by atoms with Crippen molar-refractivity contribution in [1.29, 1.82) is 0 Å². The third-order valence-electron chi connectivity index (χ3n) is 2.98. The summed E-state index contributed by atoms with van der Waals surface area (Å²) in [6, 6.07) is 6.58. The van der Waals surface area contributed by atoms with Crippen molar-refractivity contribution in [2.45, 2.75) is 33.7 Å². The maximum absolute atomic E-state index is 4.44. The lowest BCUT2D eigenvalue weighted by atomic mass is 10.0. The van der Waals surface area contributed by atoms with Crippen LogP contribution in [0.5, 0.6) is 0 Å². The Hall–Kier alpha value is -1.74. The average Bonchev–Trinajstić information content (AvgIpc) is 2.37. The number of aromatic nitrogens is 2. The molecule has 2 aromatic rings. The summed E-state index contributed by atoms with van der Waals surface area (Å²) < 4.78 is 0. The first-order valence-corrected chi connectivity index (χ1v) is 6.75. The Kier molecular flexibility index (Phi) is 4.63. The van der Waals surface area contributed by atoms with E-state index in [0.29, 0.717) is 0 Å². The van der Waals surface area contributed by atoms with Gasteiger partial charge in [0.25, 0.3) is 0 Å². The topological polar surface area (TPSA) is 37.8 Å². The fourth-order valence-electron chi connectivity index (χ4n) is 2.19. The molecule has 1 aromatic carbocycles. The molecule has 0 atom stereocenters. The Labute approximate surface area is 115 Å².